The van der Waals surface area contributed by atoms with Gasteiger partial charge in [0.05, 0.1) is 23.8 Å². The van der Waals surface area contributed by atoms with E-state index in [1.807, 2.05) is 18.3 Å². The van der Waals surface area contributed by atoms with Crippen molar-refractivity contribution in [1.29, 1.82) is 0 Å². The number of aromatic nitrogens is 3. The maximum absolute atomic E-state index is 11.6. The van der Waals surface area contributed by atoms with Crippen LogP contribution in [0.5, 0.6) is 0 Å². The minimum absolute atomic E-state index is 0.335. The fourth-order valence-corrected chi connectivity index (χ4v) is 3.99. The van der Waals surface area contributed by atoms with Crippen LogP contribution in [0.4, 0.5) is 0 Å². The molecule has 29 heavy (non-hydrogen) atoms. The van der Waals surface area contributed by atoms with Crippen LogP contribution in [0.3, 0.4) is 0 Å². The van der Waals surface area contributed by atoms with Crippen molar-refractivity contribution in [1.82, 2.24) is 14.5 Å². The summed E-state index contributed by atoms with van der Waals surface area (Å²) in [5.41, 5.74) is 3.92. The molecular weight excluding hydrogens is 366 g/mol. The average molecular weight is 393 g/mol. The Labute approximate surface area is 170 Å². The number of benzene rings is 1. The third-order valence-electron chi connectivity index (χ3n) is 5.47. The highest BCUT2D eigenvalue weighted by Gasteiger charge is 2.19. The first-order valence-electron chi connectivity index (χ1n) is 10.4. The van der Waals surface area contributed by atoms with E-state index in [1.165, 1.54) is 6.08 Å². The number of hydrogen-bond acceptors (Lipinski definition) is 5. The van der Waals surface area contributed by atoms with Crippen molar-refractivity contribution in [3.63, 3.8) is 0 Å². The van der Waals surface area contributed by atoms with Gasteiger partial charge in [0.2, 0.25) is 0 Å². The first-order chi connectivity index (χ1) is 14.2. The summed E-state index contributed by atoms with van der Waals surface area (Å²) in [6.45, 7) is 6.97. The lowest BCUT2D eigenvalue weighted by Gasteiger charge is -2.23. The second-order valence-corrected chi connectivity index (χ2v) is 7.40. The summed E-state index contributed by atoms with van der Waals surface area (Å²) in [6.07, 6.45) is 8.15. The van der Waals surface area contributed by atoms with Gasteiger partial charge in [-0.1, -0.05) is 19.1 Å². The fraction of sp³-hybridized carbons (Fsp3) is 0.435. The predicted molar refractivity (Wildman–Crippen MR) is 114 cm³/mol. The Morgan fingerprint density at radius 1 is 1.28 bits per heavy atom. The third-order valence-corrected chi connectivity index (χ3v) is 5.47. The fourth-order valence-electron chi connectivity index (χ4n) is 3.99. The molecule has 0 atom stereocenters. The quantitative estimate of drug-likeness (QED) is 0.465. The maximum atomic E-state index is 11.6. The molecule has 0 spiro atoms. The van der Waals surface area contributed by atoms with Gasteiger partial charge in [0.25, 0.3) is 0 Å². The molecule has 0 unspecified atom stereocenters. The molecule has 1 saturated heterocycles. The van der Waals surface area contributed by atoms with Crippen LogP contribution in [0.15, 0.2) is 30.5 Å². The van der Waals surface area contributed by atoms with Crippen LogP contribution in [0.1, 0.15) is 38.1 Å². The lowest BCUT2D eigenvalue weighted by atomic mass is 10.00. The van der Waals surface area contributed by atoms with Crippen LogP contribution in [0, 0.1) is 5.92 Å². The van der Waals surface area contributed by atoms with E-state index in [1.54, 1.807) is 13.0 Å². The number of imidazole rings is 1. The number of pyridine rings is 1. The van der Waals surface area contributed by atoms with Gasteiger partial charge in [-0.3, -0.25) is 4.98 Å². The predicted octanol–water partition coefficient (Wildman–Crippen LogP) is 4.15. The van der Waals surface area contributed by atoms with Crippen molar-refractivity contribution in [2.24, 2.45) is 5.92 Å². The number of esters is 1. The normalized spacial score (nSPS) is 15.5. The molecule has 3 heterocycles. The number of carbonyl (C=O) groups is 1. The highest BCUT2D eigenvalue weighted by atomic mass is 16.5. The van der Waals surface area contributed by atoms with Crippen molar-refractivity contribution >= 4 is 34.0 Å². The van der Waals surface area contributed by atoms with Gasteiger partial charge in [0.15, 0.2) is 0 Å². The summed E-state index contributed by atoms with van der Waals surface area (Å²) in [7, 11) is 0. The molecule has 6 heteroatoms. The molecule has 0 aliphatic carbocycles. The van der Waals surface area contributed by atoms with E-state index in [0.29, 0.717) is 12.5 Å². The van der Waals surface area contributed by atoms with E-state index >= 15 is 0 Å². The molecule has 0 radical (unpaired) electrons. The maximum Gasteiger partial charge on any atom is 0.330 e. The highest BCUT2D eigenvalue weighted by Crippen LogP contribution is 2.28. The molecule has 152 valence electrons. The van der Waals surface area contributed by atoms with E-state index < -0.39 is 0 Å². The molecule has 0 saturated carbocycles. The smallest absolute Gasteiger partial charge is 0.330 e. The molecular formula is C23H27N3O3. The van der Waals surface area contributed by atoms with Crippen LogP contribution in [-0.2, 0) is 27.2 Å². The Kier molecular flexibility index (Phi) is 5.90. The topological polar surface area (TPSA) is 66.2 Å². The van der Waals surface area contributed by atoms with Gasteiger partial charge in [0, 0.05) is 37.6 Å². The van der Waals surface area contributed by atoms with Crippen LogP contribution >= 0.6 is 0 Å². The zero-order valence-electron chi connectivity index (χ0n) is 17.1. The molecule has 1 aliphatic heterocycles. The van der Waals surface area contributed by atoms with E-state index in [2.05, 4.69) is 22.5 Å². The summed E-state index contributed by atoms with van der Waals surface area (Å²) in [5.74, 6) is 1.38. The lowest BCUT2D eigenvalue weighted by molar-refractivity contribution is -0.137. The lowest BCUT2D eigenvalue weighted by Crippen LogP contribution is -2.21. The standard InChI is InChI=1S/C23H27N3O3/c1-3-21-25-20-14-24-19-13-16(6-8-22(27)29-4-2)5-7-18(19)23(20)26(21)15-17-9-11-28-12-10-17/h5-8,13-14,17H,3-4,9-12,15H2,1-2H3. The Morgan fingerprint density at radius 2 is 2.10 bits per heavy atom. The summed E-state index contributed by atoms with van der Waals surface area (Å²) in [6, 6.07) is 6.09. The van der Waals surface area contributed by atoms with Crippen molar-refractivity contribution in [2.45, 2.75) is 39.7 Å². The molecule has 2 aromatic heterocycles. The van der Waals surface area contributed by atoms with Gasteiger partial charge in [-0.2, -0.15) is 0 Å². The number of ether oxygens (including phenoxy) is 2. The number of hydrogen-bond donors (Lipinski definition) is 0. The Balaban J connectivity index is 1.73. The Bertz CT molecular complexity index is 1050. The van der Waals surface area contributed by atoms with Gasteiger partial charge in [0.1, 0.15) is 11.3 Å². The molecule has 3 aromatic rings. The monoisotopic (exact) mass is 393 g/mol. The second kappa shape index (κ2) is 8.74. The zero-order valence-corrected chi connectivity index (χ0v) is 17.1. The number of carbonyl (C=O) groups excluding carboxylic acids is 1. The Hall–Kier alpha value is -2.73. The van der Waals surface area contributed by atoms with Gasteiger partial charge in [-0.05, 0) is 43.4 Å². The van der Waals surface area contributed by atoms with Gasteiger partial charge >= 0.3 is 5.97 Å². The minimum atomic E-state index is -0.335. The minimum Gasteiger partial charge on any atom is -0.463 e. The summed E-state index contributed by atoms with van der Waals surface area (Å²) >= 11 is 0. The first-order valence-corrected chi connectivity index (χ1v) is 10.4. The molecule has 0 N–H and O–H groups in total. The zero-order chi connectivity index (χ0) is 20.2. The molecule has 0 amide bonds. The molecule has 1 aliphatic rings. The van der Waals surface area contributed by atoms with Crippen molar-refractivity contribution < 1.29 is 14.3 Å². The van der Waals surface area contributed by atoms with Crippen molar-refractivity contribution in [2.75, 3.05) is 19.8 Å². The van der Waals surface area contributed by atoms with E-state index in [4.69, 9.17) is 14.5 Å². The largest absolute Gasteiger partial charge is 0.463 e. The van der Waals surface area contributed by atoms with Gasteiger partial charge in [-0.25, -0.2) is 9.78 Å². The van der Waals surface area contributed by atoms with E-state index in [0.717, 1.165) is 72.3 Å². The van der Waals surface area contributed by atoms with Crippen LogP contribution in [-0.4, -0.2) is 40.3 Å². The Morgan fingerprint density at radius 3 is 2.86 bits per heavy atom. The molecule has 1 aromatic carbocycles. The summed E-state index contributed by atoms with van der Waals surface area (Å²) in [5, 5.41) is 1.09. The number of nitrogens with zero attached hydrogens (tertiary/aromatic N) is 3. The highest BCUT2D eigenvalue weighted by molar-refractivity contribution is 6.03. The van der Waals surface area contributed by atoms with E-state index in [9.17, 15) is 4.79 Å². The molecule has 1 fully saturated rings. The molecule has 4 rings (SSSR count). The van der Waals surface area contributed by atoms with Crippen molar-refractivity contribution in [3.05, 3.63) is 41.9 Å². The molecule has 6 nitrogen and oxygen atoms in total. The second-order valence-electron chi connectivity index (χ2n) is 7.40. The number of rotatable bonds is 6. The first kappa shape index (κ1) is 19.6. The number of aryl methyl sites for hydroxylation is 1. The van der Waals surface area contributed by atoms with E-state index in [-0.39, 0.29) is 5.97 Å². The summed E-state index contributed by atoms with van der Waals surface area (Å²) in [4.78, 5) is 21.0. The van der Waals surface area contributed by atoms with Gasteiger partial charge in [-0.15, -0.1) is 0 Å². The van der Waals surface area contributed by atoms with Crippen molar-refractivity contribution in [3.8, 4) is 0 Å². The van der Waals surface area contributed by atoms with Crippen LogP contribution in [0.25, 0.3) is 28.0 Å². The SMILES string of the molecule is CCOC(=O)C=Cc1ccc2c(c1)ncc1nc(CC)n(CC3CCOCC3)c12. The van der Waals surface area contributed by atoms with Crippen LogP contribution < -0.4 is 0 Å². The summed E-state index contributed by atoms with van der Waals surface area (Å²) < 4.78 is 12.9. The third kappa shape index (κ3) is 4.17. The number of fused-ring (bicyclic) bond motifs is 3. The van der Waals surface area contributed by atoms with Crippen LogP contribution in [0.2, 0.25) is 0 Å². The molecule has 0 bridgehead atoms. The average Bonchev–Trinajstić information content (AvgIpc) is 3.11. The van der Waals surface area contributed by atoms with Gasteiger partial charge < -0.3 is 14.0 Å².